The van der Waals surface area contributed by atoms with Crippen LogP contribution in [0.3, 0.4) is 0 Å². The minimum absolute atomic E-state index is 0.180. The maximum Gasteiger partial charge on any atom is 0.317 e. The van der Waals surface area contributed by atoms with Gasteiger partial charge in [0, 0.05) is 0 Å². The first-order valence-corrected chi connectivity index (χ1v) is 9.29. The van der Waals surface area contributed by atoms with E-state index in [0.717, 1.165) is 18.4 Å². The summed E-state index contributed by atoms with van der Waals surface area (Å²) in [7, 11) is 0. The van der Waals surface area contributed by atoms with Gasteiger partial charge in [0.1, 0.15) is 5.82 Å². The van der Waals surface area contributed by atoms with E-state index < -0.39 is 11.4 Å². The highest BCUT2D eigenvalue weighted by molar-refractivity contribution is 5.86. The van der Waals surface area contributed by atoms with Gasteiger partial charge in [-0.3, -0.25) is 9.59 Å². The number of carbonyl (C=O) groups is 2. The molecule has 27 heavy (non-hydrogen) atoms. The molecule has 4 nitrogen and oxygen atoms in total. The van der Waals surface area contributed by atoms with E-state index in [1.54, 1.807) is 12.1 Å². The molecule has 1 saturated carbocycles. The van der Waals surface area contributed by atoms with Gasteiger partial charge < -0.3 is 10.1 Å². The van der Waals surface area contributed by atoms with E-state index in [4.69, 9.17) is 4.74 Å². The first-order chi connectivity index (χ1) is 13.0. The predicted octanol–water partition coefficient (Wildman–Crippen LogP) is 4.06. The lowest BCUT2D eigenvalue weighted by Gasteiger charge is -2.27. The van der Waals surface area contributed by atoms with E-state index in [-0.39, 0.29) is 24.4 Å². The zero-order chi connectivity index (χ0) is 19.3. The molecule has 2 aromatic rings. The van der Waals surface area contributed by atoms with Crippen LogP contribution in [0.4, 0.5) is 4.39 Å². The molecule has 1 fully saturated rings. The Kier molecular flexibility index (Phi) is 5.89. The van der Waals surface area contributed by atoms with Crippen LogP contribution < -0.4 is 5.32 Å². The summed E-state index contributed by atoms with van der Waals surface area (Å²) in [4.78, 5) is 25.0. The Morgan fingerprint density at radius 3 is 2.48 bits per heavy atom. The summed E-state index contributed by atoms with van der Waals surface area (Å²) in [5.41, 5.74) is 0.750. The van der Waals surface area contributed by atoms with Crippen LogP contribution in [0.25, 0.3) is 0 Å². The Labute approximate surface area is 158 Å². The van der Waals surface area contributed by atoms with Gasteiger partial charge in [-0.1, -0.05) is 55.3 Å². The number of hydrogen-bond acceptors (Lipinski definition) is 3. The molecular weight excluding hydrogens is 345 g/mol. The van der Waals surface area contributed by atoms with Crippen LogP contribution in [-0.2, 0) is 19.7 Å². The second-order valence-electron chi connectivity index (χ2n) is 7.08. The Morgan fingerprint density at radius 2 is 1.81 bits per heavy atom. The van der Waals surface area contributed by atoms with Crippen molar-refractivity contribution in [1.82, 2.24) is 5.32 Å². The van der Waals surface area contributed by atoms with Crippen molar-refractivity contribution in [2.75, 3.05) is 6.61 Å². The van der Waals surface area contributed by atoms with E-state index >= 15 is 0 Å². The van der Waals surface area contributed by atoms with Crippen LogP contribution in [0.5, 0.6) is 0 Å². The van der Waals surface area contributed by atoms with Gasteiger partial charge in [-0.05, 0) is 43.0 Å². The number of amides is 1. The van der Waals surface area contributed by atoms with Crippen molar-refractivity contribution in [2.24, 2.45) is 0 Å². The monoisotopic (exact) mass is 369 g/mol. The number of rotatable bonds is 6. The Bertz CT molecular complexity index is 800. The highest BCUT2D eigenvalue weighted by atomic mass is 19.1. The molecule has 3 rings (SSSR count). The summed E-state index contributed by atoms with van der Waals surface area (Å²) in [6, 6.07) is 15.5. The minimum Gasteiger partial charge on any atom is -0.455 e. The summed E-state index contributed by atoms with van der Waals surface area (Å²) in [6.45, 7) is 1.54. The van der Waals surface area contributed by atoms with Gasteiger partial charge in [0.05, 0.1) is 11.5 Å². The lowest BCUT2D eigenvalue weighted by Crippen LogP contribution is -2.38. The highest BCUT2D eigenvalue weighted by Gasteiger charge is 2.44. The molecular formula is C22H24FNO3. The van der Waals surface area contributed by atoms with Crippen molar-refractivity contribution in [3.63, 3.8) is 0 Å². The van der Waals surface area contributed by atoms with Crippen molar-refractivity contribution in [3.8, 4) is 0 Å². The molecule has 0 aromatic heterocycles. The molecule has 1 amide bonds. The van der Waals surface area contributed by atoms with E-state index in [1.165, 1.54) is 12.1 Å². The summed E-state index contributed by atoms with van der Waals surface area (Å²) >= 11 is 0. The maximum absolute atomic E-state index is 13.7. The predicted molar refractivity (Wildman–Crippen MR) is 101 cm³/mol. The number of ether oxygens (including phenoxy) is 1. The first kappa shape index (κ1) is 19.1. The fourth-order valence-electron chi connectivity index (χ4n) is 3.75. The van der Waals surface area contributed by atoms with Gasteiger partial charge >= 0.3 is 5.97 Å². The van der Waals surface area contributed by atoms with Crippen molar-refractivity contribution in [2.45, 2.75) is 44.1 Å². The smallest absolute Gasteiger partial charge is 0.317 e. The second kappa shape index (κ2) is 8.33. The van der Waals surface area contributed by atoms with Crippen molar-refractivity contribution >= 4 is 11.9 Å². The highest BCUT2D eigenvalue weighted by Crippen LogP contribution is 2.42. The Balaban J connectivity index is 1.62. The van der Waals surface area contributed by atoms with Gasteiger partial charge in [0.15, 0.2) is 6.61 Å². The van der Waals surface area contributed by atoms with Crippen molar-refractivity contribution in [3.05, 3.63) is 71.5 Å². The molecule has 1 aliphatic carbocycles. The van der Waals surface area contributed by atoms with Gasteiger partial charge in [-0.2, -0.15) is 0 Å². The normalized spacial score (nSPS) is 16.5. The van der Waals surface area contributed by atoms with Crippen LogP contribution >= 0.6 is 0 Å². The first-order valence-electron chi connectivity index (χ1n) is 9.29. The molecule has 0 heterocycles. The fraction of sp³-hybridized carbons (Fsp3) is 0.364. The third-order valence-electron chi connectivity index (χ3n) is 5.24. The molecule has 5 heteroatoms. The Morgan fingerprint density at radius 1 is 1.11 bits per heavy atom. The molecule has 0 saturated heterocycles. The van der Waals surface area contributed by atoms with E-state index in [1.807, 2.05) is 37.3 Å². The third kappa shape index (κ3) is 4.35. The zero-order valence-electron chi connectivity index (χ0n) is 15.4. The van der Waals surface area contributed by atoms with Crippen LogP contribution in [-0.4, -0.2) is 18.5 Å². The van der Waals surface area contributed by atoms with Crippen LogP contribution in [0.2, 0.25) is 0 Å². The second-order valence-corrected chi connectivity index (χ2v) is 7.08. The van der Waals surface area contributed by atoms with Gasteiger partial charge in [-0.15, -0.1) is 0 Å². The summed E-state index contributed by atoms with van der Waals surface area (Å²) in [5, 5.41) is 2.83. The zero-order valence-corrected chi connectivity index (χ0v) is 15.4. The standard InChI is InChI=1S/C22H24FNO3/c1-16(17-8-3-2-4-9-17)24-20(25)15-27-21(26)22(12-5-6-13-22)18-10-7-11-19(23)14-18/h2-4,7-11,14,16H,5-6,12-13,15H2,1H3,(H,24,25). The average molecular weight is 369 g/mol. The lowest BCUT2D eigenvalue weighted by molar-refractivity contribution is -0.154. The molecule has 0 radical (unpaired) electrons. The van der Waals surface area contributed by atoms with E-state index in [2.05, 4.69) is 5.32 Å². The van der Waals surface area contributed by atoms with Gasteiger partial charge in [0.25, 0.3) is 5.91 Å². The number of benzene rings is 2. The van der Waals surface area contributed by atoms with Gasteiger partial charge in [0.2, 0.25) is 0 Å². The fourth-order valence-corrected chi connectivity index (χ4v) is 3.75. The molecule has 1 unspecified atom stereocenters. The molecule has 142 valence electrons. The average Bonchev–Trinajstić information content (AvgIpc) is 3.18. The molecule has 2 aromatic carbocycles. The topological polar surface area (TPSA) is 55.4 Å². The van der Waals surface area contributed by atoms with Gasteiger partial charge in [-0.25, -0.2) is 4.39 Å². The van der Waals surface area contributed by atoms with E-state index in [0.29, 0.717) is 18.4 Å². The molecule has 0 bridgehead atoms. The molecule has 0 aliphatic heterocycles. The largest absolute Gasteiger partial charge is 0.455 e. The molecule has 1 N–H and O–H groups in total. The maximum atomic E-state index is 13.7. The third-order valence-corrected chi connectivity index (χ3v) is 5.24. The number of hydrogen-bond donors (Lipinski definition) is 1. The molecule has 1 aliphatic rings. The van der Waals surface area contributed by atoms with Crippen LogP contribution in [0.1, 0.15) is 49.8 Å². The Hall–Kier alpha value is -2.69. The minimum atomic E-state index is -0.854. The SMILES string of the molecule is CC(NC(=O)COC(=O)C1(c2cccc(F)c2)CCCC1)c1ccccc1. The van der Waals surface area contributed by atoms with Crippen LogP contribution in [0.15, 0.2) is 54.6 Å². The number of halogens is 1. The molecule has 1 atom stereocenters. The summed E-state index contributed by atoms with van der Waals surface area (Å²) in [6.07, 6.45) is 2.97. The van der Waals surface area contributed by atoms with Crippen molar-refractivity contribution in [1.29, 1.82) is 0 Å². The number of esters is 1. The lowest BCUT2D eigenvalue weighted by atomic mass is 9.79. The quantitative estimate of drug-likeness (QED) is 0.782. The number of nitrogens with one attached hydrogen (secondary N) is 1. The van der Waals surface area contributed by atoms with Crippen LogP contribution in [0, 0.1) is 5.82 Å². The van der Waals surface area contributed by atoms with Crippen molar-refractivity contribution < 1.29 is 18.7 Å². The van der Waals surface area contributed by atoms with E-state index in [9.17, 15) is 14.0 Å². The summed E-state index contributed by atoms with van der Waals surface area (Å²) < 4.78 is 19.0. The summed E-state index contributed by atoms with van der Waals surface area (Å²) in [5.74, 6) is -1.18. The molecule has 0 spiro atoms. The number of carbonyl (C=O) groups excluding carboxylic acids is 2.